The van der Waals surface area contributed by atoms with Crippen molar-refractivity contribution in [2.24, 2.45) is 0 Å². The molecule has 3 aliphatic rings. The molecule has 0 saturated carbocycles. The average molecular weight is 277 g/mol. The van der Waals surface area contributed by atoms with E-state index in [1.165, 1.54) is 38.5 Å². The maximum absolute atomic E-state index is 3.71. The van der Waals surface area contributed by atoms with E-state index in [1.807, 2.05) is 0 Å². The van der Waals surface area contributed by atoms with E-state index in [0.29, 0.717) is 18.5 Å². The van der Waals surface area contributed by atoms with Crippen LogP contribution in [0.4, 0.5) is 0 Å². The van der Waals surface area contributed by atoms with Crippen molar-refractivity contribution < 1.29 is 0 Å². The lowest BCUT2D eigenvalue weighted by atomic mass is 10.1. The quantitative estimate of drug-likeness (QED) is 0.523. The van der Waals surface area contributed by atoms with Gasteiger partial charge in [-0.1, -0.05) is 12.2 Å². The van der Waals surface area contributed by atoms with Crippen LogP contribution in [0.3, 0.4) is 0 Å². The number of rotatable bonds is 4. The van der Waals surface area contributed by atoms with Crippen LogP contribution >= 0.6 is 0 Å². The molecular formula is C15H27N5. The molecule has 0 aromatic carbocycles. The third kappa shape index (κ3) is 3.98. The lowest BCUT2D eigenvalue weighted by Gasteiger charge is -2.37. The molecule has 3 rings (SSSR count). The van der Waals surface area contributed by atoms with Crippen LogP contribution in [0.2, 0.25) is 0 Å². The van der Waals surface area contributed by atoms with E-state index >= 15 is 0 Å². The molecule has 20 heavy (non-hydrogen) atoms. The van der Waals surface area contributed by atoms with E-state index in [4.69, 9.17) is 0 Å². The van der Waals surface area contributed by atoms with Crippen molar-refractivity contribution in [2.75, 3.05) is 13.1 Å². The van der Waals surface area contributed by atoms with Gasteiger partial charge in [0.15, 0.2) is 0 Å². The number of hydrogen-bond acceptors (Lipinski definition) is 5. The SMILES string of the molecule is C1=CCNC(NC2CCCC(NC3CCCCN3)N2)=C1. The zero-order valence-electron chi connectivity index (χ0n) is 12.1. The summed E-state index contributed by atoms with van der Waals surface area (Å²) in [6.45, 7) is 2.06. The van der Waals surface area contributed by atoms with Crippen molar-refractivity contribution in [1.29, 1.82) is 0 Å². The van der Waals surface area contributed by atoms with E-state index in [9.17, 15) is 0 Å². The first-order valence-electron chi connectivity index (χ1n) is 8.03. The zero-order valence-corrected chi connectivity index (χ0v) is 12.1. The van der Waals surface area contributed by atoms with Gasteiger partial charge >= 0.3 is 0 Å². The second kappa shape index (κ2) is 7.11. The summed E-state index contributed by atoms with van der Waals surface area (Å²) < 4.78 is 0. The summed E-state index contributed by atoms with van der Waals surface area (Å²) in [7, 11) is 0. The number of piperidine rings is 2. The lowest BCUT2D eigenvalue weighted by molar-refractivity contribution is 0.214. The maximum atomic E-state index is 3.71. The minimum Gasteiger partial charge on any atom is -0.368 e. The van der Waals surface area contributed by atoms with Gasteiger partial charge < -0.3 is 16.0 Å². The second-order valence-electron chi connectivity index (χ2n) is 5.91. The van der Waals surface area contributed by atoms with Gasteiger partial charge in [0.05, 0.1) is 18.5 Å². The molecule has 2 saturated heterocycles. The van der Waals surface area contributed by atoms with Gasteiger partial charge in [0.2, 0.25) is 0 Å². The third-order valence-electron chi connectivity index (χ3n) is 4.24. The largest absolute Gasteiger partial charge is 0.368 e. The Morgan fingerprint density at radius 3 is 2.70 bits per heavy atom. The van der Waals surface area contributed by atoms with Crippen LogP contribution in [0.25, 0.3) is 0 Å². The summed E-state index contributed by atoms with van der Waals surface area (Å²) in [5.41, 5.74) is 0. The fourth-order valence-electron chi connectivity index (χ4n) is 3.16. The molecule has 5 N–H and O–H groups in total. The minimum atomic E-state index is 0.357. The predicted molar refractivity (Wildman–Crippen MR) is 81.7 cm³/mol. The van der Waals surface area contributed by atoms with Gasteiger partial charge in [0, 0.05) is 6.54 Å². The van der Waals surface area contributed by atoms with Crippen molar-refractivity contribution in [3.63, 3.8) is 0 Å². The lowest BCUT2D eigenvalue weighted by Crippen LogP contribution is -2.60. The highest BCUT2D eigenvalue weighted by Crippen LogP contribution is 2.13. The van der Waals surface area contributed by atoms with Crippen LogP contribution in [0.1, 0.15) is 38.5 Å². The smallest absolute Gasteiger partial charge is 0.100 e. The summed E-state index contributed by atoms with van der Waals surface area (Å²) in [5.74, 6) is 1.13. The van der Waals surface area contributed by atoms with Gasteiger partial charge in [-0.05, 0) is 51.1 Å². The Morgan fingerprint density at radius 1 is 1.00 bits per heavy atom. The average Bonchev–Trinajstić information content (AvgIpc) is 2.50. The number of nitrogens with one attached hydrogen (secondary N) is 5. The first kappa shape index (κ1) is 13.9. The Hall–Kier alpha value is -1.04. The first-order chi connectivity index (χ1) is 9.90. The molecule has 0 radical (unpaired) electrons. The monoisotopic (exact) mass is 277 g/mol. The third-order valence-corrected chi connectivity index (χ3v) is 4.24. The molecule has 2 fully saturated rings. The Labute approximate surface area is 121 Å². The van der Waals surface area contributed by atoms with Gasteiger partial charge in [0.1, 0.15) is 5.82 Å². The van der Waals surface area contributed by atoms with Crippen LogP contribution in [0.15, 0.2) is 24.0 Å². The first-order valence-corrected chi connectivity index (χ1v) is 8.03. The normalized spacial score (nSPS) is 34.2. The minimum absolute atomic E-state index is 0.357. The number of allylic oxidation sites excluding steroid dienone is 2. The predicted octanol–water partition coefficient (Wildman–Crippen LogP) is 0.692. The Morgan fingerprint density at radius 2 is 1.90 bits per heavy atom. The van der Waals surface area contributed by atoms with Crippen LogP contribution in [0.5, 0.6) is 0 Å². The molecule has 3 aliphatic heterocycles. The van der Waals surface area contributed by atoms with Crippen LogP contribution in [-0.4, -0.2) is 31.6 Å². The van der Waals surface area contributed by atoms with E-state index in [-0.39, 0.29) is 0 Å². The summed E-state index contributed by atoms with van der Waals surface area (Å²) in [5, 5.41) is 17.9. The molecule has 3 heterocycles. The zero-order chi connectivity index (χ0) is 13.6. The molecule has 0 amide bonds. The Balaban J connectivity index is 1.45. The molecule has 0 aromatic rings. The van der Waals surface area contributed by atoms with Gasteiger partial charge in [-0.25, -0.2) is 0 Å². The molecule has 3 atom stereocenters. The van der Waals surface area contributed by atoms with Gasteiger partial charge in [-0.15, -0.1) is 0 Å². The number of dihydropyridines is 1. The second-order valence-corrected chi connectivity index (χ2v) is 5.91. The fraction of sp³-hybridized carbons (Fsp3) is 0.733. The standard InChI is InChI=1S/C15H27N5/c1-3-10-16-12(6-1)18-14-8-5-9-15(20-14)19-13-7-2-4-11-17-13/h1,3,6,13-20H,2,4-5,7-11H2. The highest BCUT2D eigenvalue weighted by Gasteiger charge is 2.24. The molecular weight excluding hydrogens is 250 g/mol. The van der Waals surface area contributed by atoms with E-state index in [1.54, 1.807) is 0 Å². The van der Waals surface area contributed by atoms with Crippen molar-refractivity contribution >= 4 is 0 Å². The van der Waals surface area contributed by atoms with Crippen LogP contribution < -0.4 is 26.6 Å². The van der Waals surface area contributed by atoms with Gasteiger partial charge in [-0.2, -0.15) is 0 Å². The summed E-state index contributed by atoms with van der Waals surface area (Å²) in [6.07, 6.45) is 15.1. The number of hydrogen-bond donors (Lipinski definition) is 5. The van der Waals surface area contributed by atoms with Crippen LogP contribution in [0, 0.1) is 0 Å². The molecule has 3 unspecified atom stereocenters. The van der Waals surface area contributed by atoms with Gasteiger partial charge in [0.25, 0.3) is 0 Å². The Bertz CT molecular complexity index is 359. The van der Waals surface area contributed by atoms with Crippen LogP contribution in [-0.2, 0) is 0 Å². The summed E-state index contributed by atoms with van der Waals surface area (Å²) in [4.78, 5) is 0. The molecule has 0 bridgehead atoms. The van der Waals surface area contributed by atoms with Crippen molar-refractivity contribution in [1.82, 2.24) is 26.6 Å². The molecule has 0 spiro atoms. The van der Waals surface area contributed by atoms with E-state index in [0.717, 1.165) is 18.9 Å². The topological polar surface area (TPSA) is 60.1 Å². The summed E-state index contributed by atoms with van der Waals surface area (Å²) in [6, 6.07) is 0. The van der Waals surface area contributed by atoms with E-state index in [2.05, 4.69) is 44.8 Å². The summed E-state index contributed by atoms with van der Waals surface area (Å²) >= 11 is 0. The highest BCUT2D eigenvalue weighted by atomic mass is 15.3. The molecule has 0 aromatic heterocycles. The molecule has 0 aliphatic carbocycles. The molecule has 112 valence electrons. The highest BCUT2D eigenvalue weighted by molar-refractivity contribution is 5.15. The fourth-order valence-corrected chi connectivity index (χ4v) is 3.16. The molecule has 5 nitrogen and oxygen atoms in total. The maximum Gasteiger partial charge on any atom is 0.100 e. The molecule has 5 heteroatoms. The Kier molecular flexibility index (Phi) is 4.95. The van der Waals surface area contributed by atoms with Gasteiger partial charge in [-0.3, -0.25) is 10.6 Å². The van der Waals surface area contributed by atoms with E-state index < -0.39 is 0 Å². The van der Waals surface area contributed by atoms with Crippen molar-refractivity contribution in [3.05, 3.63) is 24.0 Å². The van der Waals surface area contributed by atoms with Crippen molar-refractivity contribution in [3.8, 4) is 0 Å². The van der Waals surface area contributed by atoms with Crippen molar-refractivity contribution in [2.45, 2.75) is 57.0 Å².